The van der Waals surface area contributed by atoms with Gasteiger partial charge in [0.15, 0.2) is 0 Å². The lowest BCUT2D eigenvalue weighted by Gasteiger charge is -2.21. The van der Waals surface area contributed by atoms with E-state index >= 15 is 0 Å². The first kappa shape index (κ1) is 23.6. The first-order valence-corrected chi connectivity index (χ1v) is 14.7. The Labute approximate surface area is 244 Å². The molecule has 0 unspecified atom stereocenters. The lowest BCUT2D eigenvalue weighted by Crippen LogP contribution is -2.14. The van der Waals surface area contributed by atoms with E-state index in [9.17, 15) is 0 Å². The van der Waals surface area contributed by atoms with Crippen molar-refractivity contribution in [3.63, 3.8) is 0 Å². The Morgan fingerprint density at radius 2 is 1.02 bits per heavy atom. The van der Waals surface area contributed by atoms with Gasteiger partial charge >= 0.3 is 0 Å². The van der Waals surface area contributed by atoms with E-state index in [1.54, 1.807) is 0 Å². The van der Waals surface area contributed by atoms with Gasteiger partial charge in [-0.2, -0.15) is 0 Å². The lowest BCUT2D eigenvalue weighted by molar-refractivity contribution is 0.619. The van der Waals surface area contributed by atoms with Crippen molar-refractivity contribution in [2.75, 3.05) is 0 Å². The van der Waals surface area contributed by atoms with E-state index < -0.39 is 0 Å². The Kier molecular flexibility index (Phi) is 4.73. The van der Waals surface area contributed by atoms with E-state index in [1.807, 2.05) is 0 Å². The van der Waals surface area contributed by atoms with Crippen LogP contribution in [0, 0.1) is 0 Å². The Bertz CT molecular complexity index is 2330. The summed E-state index contributed by atoms with van der Waals surface area (Å²) >= 11 is 0. The molecule has 0 radical (unpaired) electrons. The minimum Gasteiger partial charge on any atom is -0.456 e. The summed E-state index contributed by atoms with van der Waals surface area (Å²) in [6.07, 6.45) is 0. The predicted molar refractivity (Wildman–Crippen MR) is 177 cm³/mol. The third kappa shape index (κ3) is 3.14. The molecule has 7 aromatic carbocycles. The van der Waals surface area contributed by atoms with E-state index in [1.165, 1.54) is 76.6 Å². The molecule has 0 bridgehead atoms. The second-order valence-corrected chi connectivity index (χ2v) is 12.1. The average molecular weight is 537 g/mol. The third-order valence-electron chi connectivity index (χ3n) is 9.42. The van der Waals surface area contributed by atoms with Crippen LogP contribution in [0.4, 0.5) is 0 Å². The second kappa shape index (κ2) is 8.44. The predicted octanol–water partition coefficient (Wildman–Crippen LogP) is 11.5. The Morgan fingerprint density at radius 1 is 0.476 bits per heavy atom. The minimum absolute atomic E-state index is 0.0976. The largest absolute Gasteiger partial charge is 0.456 e. The van der Waals surface area contributed by atoms with E-state index in [4.69, 9.17) is 4.42 Å². The first-order valence-electron chi connectivity index (χ1n) is 14.7. The zero-order chi connectivity index (χ0) is 28.0. The number of benzene rings is 7. The number of fused-ring (bicyclic) bond motifs is 8. The summed E-state index contributed by atoms with van der Waals surface area (Å²) in [5.74, 6) is 1.02. The van der Waals surface area contributed by atoms with Crippen LogP contribution < -0.4 is 0 Å². The van der Waals surface area contributed by atoms with Crippen molar-refractivity contribution in [3.8, 4) is 33.6 Å². The van der Waals surface area contributed by atoms with Crippen LogP contribution in [0.1, 0.15) is 25.0 Å². The summed E-state index contributed by atoms with van der Waals surface area (Å²) in [6.45, 7) is 4.63. The van der Waals surface area contributed by atoms with Crippen molar-refractivity contribution < 1.29 is 4.42 Å². The maximum absolute atomic E-state index is 6.69. The smallest absolute Gasteiger partial charge is 0.139 e. The van der Waals surface area contributed by atoms with Gasteiger partial charge in [0.1, 0.15) is 11.3 Å². The van der Waals surface area contributed by atoms with Gasteiger partial charge in [0.05, 0.1) is 0 Å². The van der Waals surface area contributed by atoms with Crippen molar-refractivity contribution in [2.45, 2.75) is 19.3 Å². The van der Waals surface area contributed by atoms with Gasteiger partial charge in [0, 0.05) is 21.9 Å². The van der Waals surface area contributed by atoms with Crippen LogP contribution in [0.5, 0.6) is 0 Å². The average Bonchev–Trinajstić information content (AvgIpc) is 3.52. The molecule has 42 heavy (non-hydrogen) atoms. The van der Waals surface area contributed by atoms with Crippen molar-refractivity contribution in [1.82, 2.24) is 0 Å². The normalized spacial score (nSPS) is 13.7. The summed E-state index contributed by atoms with van der Waals surface area (Å²) in [5, 5.41) is 8.75. The molecule has 1 aliphatic rings. The van der Waals surface area contributed by atoms with Crippen molar-refractivity contribution in [3.05, 3.63) is 145 Å². The second-order valence-electron chi connectivity index (χ2n) is 12.1. The molecular formula is C41H28O. The molecule has 1 heteroatoms. The van der Waals surface area contributed by atoms with Gasteiger partial charge in [-0.25, -0.2) is 0 Å². The fraction of sp³-hybridized carbons (Fsp3) is 0.0732. The number of furan rings is 1. The molecule has 0 atom stereocenters. The van der Waals surface area contributed by atoms with Gasteiger partial charge in [0.2, 0.25) is 0 Å². The van der Waals surface area contributed by atoms with Crippen LogP contribution in [-0.2, 0) is 5.41 Å². The minimum atomic E-state index is -0.0976. The highest BCUT2D eigenvalue weighted by Gasteiger charge is 2.40. The molecule has 0 fully saturated rings. The maximum atomic E-state index is 6.69. The van der Waals surface area contributed by atoms with Crippen molar-refractivity contribution in [1.29, 1.82) is 0 Å². The van der Waals surface area contributed by atoms with E-state index in [2.05, 4.69) is 147 Å². The quantitative estimate of drug-likeness (QED) is 0.200. The summed E-state index contributed by atoms with van der Waals surface area (Å²) in [6, 6.07) is 48.7. The van der Waals surface area contributed by atoms with Crippen LogP contribution in [-0.4, -0.2) is 0 Å². The maximum Gasteiger partial charge on any atom is 0.139 e. The lowest BCUT2D eigenvalue weighted by atomic mass is 9.81. The van der Waals surface area contributed by atoms with Gasteiger partial charge in [-0.15, -0.1) is 0 Å². The highest BCUT2D eigenvalue weighted by molar-refractivity contribution is 6.22. The molecule has 9 rings (SSSR count). The molecule has 1 nitrogen and oxygen atoms in total. The molecule has 0 amide bonds. The van der Waals surface area contributed by atoms with Gasteiger partial charge in [-0.3, -0.25) is 0 Å². The molecule has 198 valence electrons. The summed E-state index contributed by atoms with van der Waals surface area (Å²) in [7, 11) is 0. The van der Waals surface area contributed by atoms with Crippen LogP contribution in [0.3, 0.4) is 0 Å². The molecule has 0 saturated heterocycles. The number of hydrogen-bond donors (Lipinski definition) is 0. The van der Waals surface area contributed by atoms with Crippen LogP contribution in [0.2, 0.25) is 0 Å². The SMILES string of the molecule is CC1(C)c2ccccc2-c2oc3cc(-c4c5ccccc5c(-c5ccc6ccccc6c5)c5ccccc45)ccc3c21. The van der Waals surface area contributed by atoms with E-state index in [0.29, 0.717) is 0 Å². The van der Waals surface area contributed by atoms with E-state index in [0.717, 1.165) is 11.3 Å². The fourth-order valence-corrected chi connectivity index (χ4v) is 7.52. The van der Waals surface area contributed by atoms with Gasteiger partial charge < -0.3 is 4.42 Å². The zero-order valence-corrected chi connectivity index (χ0v) is 23.6. The Morgan fingerprint density at radius 3 is 1.71 bits per heavy atom. The van der Waals surface area contributed by atoms with Gasteiger partial charge in [-0.1, -0.05) is 135 Å². The topological polar surface area (TPSA) is 13.1 Å². The fourth-order valence-electron chi connectivity index (χ4n) is 7.52. The summed E-state index contributed by atoms with van der Waals surface area (Å²) < 4.78 is 6.69. The number of hydrogen-bond acceptors (Lipinski definition) is 1. The molecule has 0 saturated carbocycles. The summed E-state index contributed by atoms with van der Waals surface area (Å²) in [4.78, 5) is 0. The highest BCUT2D eigenvalue weighted by atomic mass is 16.3. The third-order valence-corrected chi connectivity index (χ3v) is 9.42. The molecule has 1 aromatic heterocycles. The highest BCUT2D eigenvalue weighted by Crippen LogP contribution is 2.53. The molecule has 0 N–H and O–H groups in total. The number of rotatable bonds is 2. The van der Waals surface area contributed by atoms with Crippen LogP contribution in [0.15, 0.2) is 138 Å². The van der Waals surface area contributed by atoms with E-state index in [-0.39, 0.29) is 5.41 Å². The Hall–Kier alpha value is -5.14. The Balaban J connectivity index is 1.33. The van der Waals surface area contributed by atoms with Gasteiger partial charge in [-0.05, 0) is 72.3 Å². The zero-order valence-electron chi connectivity index (χ0n) is 23.6. The molecule has 1 aliphatic carbocycles. The summed E-state index contributed by atoms with van der Waals surface area (Å²) in [5.41, 5.74) is 9.66. The van der Waals surface area contributed by atoms with Crippen molar-refractivity contribution >= 4 is 43.3 Å². The molecular weight excluding hydrogens is 508 g/mol. The molecule has 8 aromatic rings. The van der Waals surface area contributed by atoms with Crippen LogP contribution in [0.25, 0.3) is 76.9 Å². The molecule has 0 aliphatic heterocycles. The monoisotopic (exact) mass is 536 g/mol. The molecule has 1 heterocycles. The van der Waals surface area contributed by atoms with Crippen LogP contribution >= 0.6 is 0 Å². The van der Waals surface area contributed by atoms with Crippen molar-refractivity contribution in [2.24, 2.45) is 0 Å². The molecule has 0 spiro atoms. The first-order chi connectivity index (χ1) is 20.6. The standard InChI is InChI=1S/C41H28O/c1-41(2)35-18-10-9-17-33(35)40-39(41)34-22-21-28(24-36(34)42-40)38-31-15-7-5-13-29(31)37(30-14-6-8-16-32(30)38)27-20-19-25-11-3-4-12-26(25)23-27/h3-24H,1-2H3. The van der Waals surface area contributed by atoms with Gasteiger partial charge in [0.25, 0.3) is 0 Å².